The van der Waals surface area contributed by atoms with Gasteiger partial charge in [0, 0.05) is 31.0 Å². The largest absolute Gasteiger partial charge is 0.493 e. The molecule has 1 saturated heterocycles. The number of ether oxygens (including phenoxy) is 3. The van der Waals surface area contributed by atoms with Crippen LogP contribution < -0.4 is 14.8 Å². The van der Waals surface area contributed by atoms with E-state index in [0.717, 1.165) is 35.8 Å². The molecule has 4 rings (SSSR count). The molecule has 1 N–H and O–H groups in total. The number of furan rings is 1. The van der Waals surface area contributed by atoms with E-state index in [0.29, 0.717) is 43.4 Å². The van der Waals surface area contributed by atoms with E-state index < -0.39 is 0 Å². The molecule has 0 saturated carbocycles. The molecular formula is C26H33N3O5. The van der Waals surface area contributed by atoms with Crippen molar-refractivity contribution in [1.29, 1.82) is 0 Å². The van der Waals surface area contributed by atoms with Crippen LogP contribution in [-0.4, -0.2) is 62.4 Å². The molecule has 3 heterocycles. The van der Waals surface area contributed by atoms with Crippen LogP contribution in [0.25, 0.3) is 0 Å². The van der Waals surface area contributed by atoms with Crippen molar-refractivity contribution in [3.05, 3.63) is 70.9 Å². The first-order chi connectivity index (χ1) is 16.5. The van der Waals surface area contributed by atoms with Gasteiger partial charge in [-0.25, -0.2) is 0 Å². The Morgan fingerprint density at radius 3 is 2.53 bits per heavy atom. The number of aromatic nitrogens is 1. The zero-order valence-corrected chi connectivity index (χ0v) is 20.3. The summed E-state index contributed by atoms with van der Waals surface area (Å²) < 4.78 is 24.1. The third kappa shape index (κ3) is 5.13. The van der Waals surface area contributed by atoms with E-state index in [-0.39, 0.29) is 11.9 Å². The van der Waals surface area contributed by atoms with Crippen molar-refractivity contribution in [1.82, 2.24) is 14.8 Å². The topological polar surface area (TPSA) is 78.1 Å². The predicted octanol–water partition coefficient (Wildman–Crippen LogP) is 3.57. The van der Waals surface area contributed by atoms with Crippen LogP contribution in [0, 0.1) is 13.8 Å². The number of hydrogen-bond acceptors (Lipinski definition) is 6. The summed E-state index contributed by atoms with van der Waals surface area (Å²) in [5.74, 6) is 2.12. The lowest BCUT2D eigenvalue weighted by molar-refractivity contribution is 0.0162. The number of carbonyl (C=O) groups excluding carboxylic acids is 1. The second-order valence-corrected chi connectivity index (χ2v) is 8.44. The van der Waals surface area contributed by atoms with E-state index in [1.165, 1.54) is 0 Å². The fourth-order valence-corrected chi connectivity index (χ4v) is 4.52. The Labute approximate surface area is 200 Å². The van der Waals surface area contributed by atoms with E-state index >= 15 is 0 Å². The predicted molar refractivity (Wildman–Crippen MR) is 129 cm³/mol. The van der Waals surface area contributed by atoms with Gasteiger partial charge in [0.1, 0.15) is 5.76 Å². The maximum atomic E-state index is 13.2. The number of carbonyl (C=O) groups is 1. The van der Waals surface area contributed by atoms with Gasteiger partial charge in [-0.2, -0.15) is 0 Å². The monoisotopic (exact) mass is 467 g/mol. The fourth-order valence-electron chi connectivity index (χ4n) is 4.52. The highest BCUT2D eigenvalue weighted by atomic mass is 16.5. The zero-order valence-electron chi connectivity index (χ0n) is 20.3. The molecule has 8 nitrogen and oxygen atoms in total. The van der Waals surface area contributed by atoms with Gasteiger partial charge in [-0.15, -0.1) is 0 Å². The minimum absolute atomic E-state index is 0.0146. The molecule has 1 atom stereocenters. The van der Waals surface area contributed by atoms with Crippen LogP contribution in [0.1, 0.15) is 39.1 Å². The highest BCUT2D eigenvalue weighted by Crippen LogP contribution is 2.32. The number of nitrogens with one attached hydrogen (secondary N) is 1. The molecule has 1 unspecified atom stereocenters. The summed E-state index contributed by atoms with van der Waals surface area (Å²) in [5, 5.41) is 3.17. The van der Waals surface area contributed by atoms with Crippen LogP contribution in [0.15, 0.2) is 47.1 Å². The molecule has 34 heavy (non-hydrogen) atoms. The van der Waals surface area contributed by atoms with E-state index in [1.807, 2.05) is 50.2 Å². The van der Waals surface area contributed by atoms with E-state index in [4.69, 9.17) is 18.6 Å². The number of morpholine rings is 1. The minimum Gasteiger partial charge on any atom is -0.493 e. The van der Waals surface area contributed by atoms with Crippen molar-refractivity contribution in [2.45, 2.75) is 26.4 Å². The zero-order chi connectivity index (χ0) is 24.1. The minimum atomic E-state index is -0.0856. The maximum absolute atomic E-state index is 13.2. The Bertz CT molecular complexity index is 1100. The molecule has 1 aliphatic rings. The molecule has 0 radical (unpaired) electrons. The Balaban J connectivity index is 1.53. The van der Waals surface area contributed by atoms with Crippen molar-refractivity contribution in [2.24, 2.45) is 0 Å². The summed E-state index contributed by atoms with van der Waals surface area (Å²) in [6.07, 6.45) is 1.66. The van der Waals surface area contributed by atoms with Gasteiger partial charge >= 0.3 is 0 Å². The molecular weight excluding hydrogens is 434 g/mol. The molecule has 8 heteroatoms. The number of methoxy groups -OCH3 is 2. The second-order valence-electron chi connectivity index (χ2n) is 8.44. The third-order valence-electron chi connectivity index (χ3n) is 6.45. The normalized spacial score (nSPS) is 15.2. The molecule has 0 bridgehead atoms. The first-order valence-corrected chi connectivity index (χ1v) is 11.5. The molecule has 1 amide bonds. The quantitative estimate of drug-likeness (QED) is 0.519. The highest BCUT2D eigenvalue weighted by Gasteiger charge is 2.25. The summed E-state index contributed by atoms with van der Waals surface area (Å²) in [6.45, 7) is 7.98. The van der Waals surface area contributed by atoms with Gasteiger partial charge in [-0.3, -0.25) is 9.69 Å². The summed E-state index contributed by atoms with van der Waals surface area (Å²) in [6, 6.07) is 11.7. The first kappa shape index (κ1) is 23.9. The van der Waals surface area contributed by atoms with Gasteiger partial charge in [-0.1, -0.05) is 6.07 Å². The molecule has 1 aliphatic heterocycles. The number of aryl methyl sites for hydroxylation is 1. The Morgan fingerprint density at radius 2 is 1.85 bits per heavy atom. The summed E-state index contributed by atoms with van der Waals surface area (Å²) in [4.78, 5) is 15.6. The molecule has 3 aromatic rings. The summed E-state index contributed by atoms with van der Waals surface area (Å²) >= 11 is 0. The number of nitrogens with zero attached hydrogens (tertiary/aromatic N) is 2. The lowest BCUT2D eigenvalue weighted by Gasteiger charge is -2.35. The maximum Gasteiger partial charge on any atom is 0.253 e. The molecule has 0 aliphatic carbocycles. The SMILES string of the molecule is COc1ccc(C(CNC(=O)c2cc(C)n(Cc3ccco3)c2C)N2CCOCC2)cc1OC. The second kappa shape index (κ2) is 10.8. The van der Waals surface area contributed by atoms with E-state index in [2.05, 4.69) is 14.8 Å². The van der Waals surface area contributed by atoms with Gasteiger partial charge in [-0.05, 0) is 49.7 Å². The van der Waals surface area contributed by atoms with Crippen LogP contribution >= 0.6 is 0 Å². The molecule has 1 aromatic carbocycles. The third-order valence-corrected chi connectivity index (χ3v) is 6.45. The molecule has 0 spiro atoms. The van der Waals surface area contributed by atoms with Gasteiger partial charge < -0.3 is 28.5 Å². The Hall–Kier alpha value is -3.23. The highest BCUT2D eigenvalue weighted by molar-refractivity contribution is 5.95. The van der Waals surface area contributed by atoms with Gasteiger partial charge in [0.2, 0.25) is 0 Å². The fraction of sp³-hybridized carbons (Fsp3) is 0.423. The first-order valence-electron chi connectivity index (χ1n) is 11.5. The molecule has 2 aromatic heterocycles. The van der Waals surface area contributed by atoms with Gasteiger partial charge in [0.25, 0.3) is 5.91 Å². The number of benzene rings is 1. The van der Waals surface area contributed by atoms with Crippen molar-refractivity contribution >= 4 is 5.91 Å². The number of rotatable bonds is 9. The molecule has 182 valence electrons. The van der Waals surface area contributed by atoms with Crippen molar-refractivity contribution in [3.63, 3.8) is 0 Å². The van der Waals surface area contributed by atoms with Crippen molar-refractivity contribution in [3.8, 4) is 11.5 Å². The summed E-state index contributed by atoms with van der Waals surface area (Å²) in [7, 11) is 3.26. The lowest BCUT2D eigenvalue weighted by Crippen LogP contribution is -2.43. The lowest BCUT2D eigenvalue weighted by atomic mass is 10.0. The van der Waals surface area contributed by atoms with Crippen LogP contribution in [-0.2, 0) is 11.3 Å². The average Bonchev–Trinajstić information content (AvgIpc) is 3.48. The summed E-state index contributed by atoms with van der Waals surface area (Å²) in [5.41, 5.74) is 3.67. The van der Waals surface area contributed by atoms with Crippen LogP contribution in [0.3, 0.4) is 0 Å². The number of amides is 1. The van der Waals surface area contributed by atoms with Crippen LogP contribution in [0.4, 0.5) is 0 Å². The van der Waals surface area contributed by atoms with Crippen molar-refractivity contribution < 1.29 is 23.4 Å². The Kier molecular flexibility index (Phi) is 7.59. The van der Waals surface area contributed by atoms with Gasteiger partial charge in [0.15, 0.2) is 11.5 Å². The van der Waals surface area contributed by atoms with E-state index in [1.54, 1.807) is 20.5 Å². The van der Waals surface area contributed by atoms with Crippen LogP contribution in [0.2, 0.25) is 0 Å². The van der Waals surface area contributed by atoms with Crippen molar-refractivity contribution in [2.75, 3.05) is 47.1 Å². The smallest absolute Gasteiger partial charge is 0.253 e. The van der Waals surface area contributed by atoms with Crippen LogP contribution in [0.5, 0.6) is 11.5 Å². The molecule has 1 fully saturated rings. The number of hydrogen-bond donors (Lipinski definition) is 1. The van der Waals surface area contributed by atoms with E-state index in [9.17, 15) is 4.79 Å². The standard InChI is InChI=1S/C26H33N3O5/c1-18-14-22(19(2)29(18)17-21-6-5-11-34-21)26(30)27-16-23(28-9-12-33-13-10-28)20-7-8-24(31-3)25(15-20)32-4/h5-8,11,14-15,23H,9-10,12-13,16-17H2,1-4H3,(H,27,30). The Morgan fingerprint density at radius 1 is 1.09 bits per heavy atom. The average molecular weight is 468 g/mol. The van der Waals surface area contributed by atoms with Gasteiger partial charge in [0.05, 0.1) is 51.8 Å².